The monoisotopic (exact) mass is 312 g/mol. The summed E-state index contributed by atoms with van der Waals surface area (Å²) >= 11 is 1.51. The van der Waals surface area contributed by atoms with E-state index in [4.69, 9.17) is 4.74 Å². The van der Waals surface area contributed by atoms with E-state index in [1.807, 2.05) is 49.4 Å². The quantitative estimate of drug-likeness (QED) is 0.726. The van der Waals surface area contributed by atoms with Crippen LogP contribution in [0.15, 0.2) is 42.5 Å². The molecule has 3 aromatic rings. The molecule has 1 heterocycles. The summed E-state index contributed by atoms with van der Waals surface area (Å²) in [5.41, 5.74) is 2.75. The van der Waals surface area contributed by atoms with Crippen molar-refractivity contribution >= 4 is 32.5 Å². The number of fused-ring (bicyclic) bond motifs is 1. The first-order valence-corrected chi connectivity index (χ1v) is 7.75. The van der Waals surface area contributed by atoms with E-state index in [0.29, 0.717) is 5.56 Å². The van der Waals surface area contributed by atoms with Crippen molar-refractivity contribution in [2.45, 2.75) is 6.92 Å². The Morgan fingerprint density at radius 3 is 2.73 bits per heavy atom. The maximum Gasteiger partial charge on any atom is 0.184 e. The summed E-state index contributed by atoms with van der Waals surface area (Å²) < 4.78 is 6.23. The lowest BCUT2D eigenvalue weighted by atomic mass is 10.1. The molecule has 0 spiro atoms. The summed E-state index contributed by atoms with van der Waals surface area (Å²) in [5.74, 6) is 0.857. The van der Waals surface area contributed by atoms with Crippen LogP contribution in [0.5, 0.6) is 5.75 Å². The first-order chi connectivity index (χ1) is 10.7. The van der Waals surface area contributed by atoms with E-state index in [1.54, 1.807) is 7.11 Å². The van der Waals surface area contributed by atoms with Crippen LogP contribution in [0.1, 0.15) is 15.9 Å². The largest absolute Gasteiger partial charge is 0.497 e. The lowest BCUT2D eigenvalue weighted by molar-refractivity contribution is 0.101. The molecular formula is C17H16N2O2S. The molecule has 0 amide bonds. The normalized spacial score (nSPS) is 10.6. The van der Waals surface area contributed by atoms with Crippen LogP contribution >= 0.6 is 11.3 Å². The van der Waals surface area contributed by atoms with E-state index in [-0.39, 0.29) is 12.3 Å². The van der Waals surface area contributed by atoms with E-state index in [1.165, 1.54) is 11.3 Å². The summed E-state index contributed by atoms with van der Waals surface area (Å²) in [6.07, 6.45) is 0. The number of anilines is 1. The number of hydrogen-bond acceptors (Lipinski definition) is 5. The van der Waals surface area contributed by atoms with Gasteiger partial charge in [-0.25, -0.2) is 4.98 Å². The molecule has 5 heteroatoms. The summed E-state index contributed by atoms with van der Waals surface area (Å²) in [4.78, 5) is 16.6. The first kappa shape index (κ1) is 14.5. The average molecular weight is 312 g/mol. The van der Waals surface area contributed by atoms with Crippen LogP contribution in [0.25, 0.3) is 10.2 Å². The van der Waals surface area contributed by atoms with E-state index >= 15 is 0 Å². The predicted molar refractivity (Wildman–Crippen MR) is 90.2 cm³/mol. The highest BCUT2D eigenvalue weighted by atomic mass is 32.1. The minimum absolute atomic E-state index is 0.0526. The van der Waals surface area contributed by atoms with Gasteiger partial charge in [0.05, 0.1) is 23.9 Å². The number of aryl methyl sites for hydroxylation is 1. The zero-order valence-corrected chi connectivity index (χ0v) is 13.2. The van der Waals surface area contributed by atoms with Crippen LogP contribution < -0.4 is 10.1 Å². The highest BCUT2D eigenvalue weighted by molar-refractivity contribution is 7.22. The van der Waals surface area contributed by atoms with Gasteiger partial charge >= 0.3 is 0 Å². The molecule has 2 aromatic carbocycles. The van der Waals surface area contributed by atoms with Gasteiger partial charge < -0.3 is 10.1 Å². The molecule has 0 atom stereocenters. The fourth-order valence-corrected chi connectivity index (χ4v) is 2.99. The maximum absolute atomic E-state index is 12.1. The maximum atomic E-state index is 12.1. The van der Waals surface area contributed by atoms with Gasteiger partial charge in [-0.1, -0.05) is 41.2 Å². The molecule has 0 aliphatic carbocycles. The van der Waals surface area contributed by atoms with Gasteiger partial charge in [-0.05, 0) is 25.1 Å². The summed E-state index contributed by atoms with van der Waals surface area (Å²) in [7, 11) is 1.64. The number of carbonyl (C=O) groups excluding carboxylic acids is 1. The van der Waals surface area contributed by atoms with E-state index in [2.05, 4.69) is 10.3 Å². The van der Waals surface area contributed by atoms with Gasteiger partial charge in [0.25, 0.3) is 0 Å². The van der Waals surface area contributed by atoms with Gasteiger partial charge in [0, 0.05) is 5.56 Å². The van der Waals surface area contributed by atoms with Gasteiger partial charge in [0.15, 0.2) is 10.9 Å². The van der Waals surface area contributed by atoms with Crippen molar-refractivity contribution in [3.63, 3.8) is 0 Å². The Labute approximate surface area is 132 Å². The molecule has 1 aromatic heterocycles. The SMILES string of the molecule is COc1ccc2nc(NCC(=O)c3ccc(C)cc3)sc2c1. The van der Waals surface area contributed by atoms with Crippen LogP contribution in [0, 0.1) is 6.92 Å². The van der Waals surface area contributed by atoms with Crippen molar-refractivity contribution in [2.24, 2.45) is 0 Å². The number of ketones is 1. The molecule has 0 saturated carbocycles. The molecule has 4 nitrogen and oxygen atoms in total. The highest BCUT2D eigenvalue weighted by Crippen LogP contribution is 2.29. The third-order valence-corrected chi connectivity index (χ3v) is 4.35. The molecule has 0 unspecified atom stereocenters. The van der Waals surface area contributed by atoms with E-state index in [9.17, 15) is 4.79 Å². The summed E-state index contributed by atoms with van der Waals surface area (Å²) in [6.45, 7) is 2.24. The number of hydrogen-bond donors (Lipinski definition) is 1. The van der Waals surface area contributed by atoms with Crippen molar-refractivity contribution in [1.29, 1.82) is 0 Å². The molecule has 0 radical (unpaired) electrons. The van der Waals surface area contributed by atoms with Gasteiger partial charge in [0.2, 0.25) is 0 Å². The molecule has 0 aliphatic rings. The predicted octanol–water partition coefficient (Wildman–Crippen LogP) is 3.91. The number of nitrogens with zero attached hydrogens (tertiary/aromatic N) is 1. The second-order valence-corrected chi connectivity index (χ2v) is 6.03. The van der Waals surface area contributed by atoms with Crippen molar-refractivity contribution in [2.75, 3.05) is 19.0 Å². The van der Waals surface area contributed by atoms with Crippen LogP contribution in [0.2, 0.25) is 0 Å². The van der Waals surface area contributed by atoms with Crippen molar-refractivity contribution in [3.05, 3.63) is 53.6 Å². The molecule has 0 saturated heterocycles. The third kappa shape index (κ3) is 3.09. The molecule has 0 bridgehead atoms. The Balaban J connectivity index is 1.70. The Bertz CT molecular complexity index is 809. The number of nitrogens with one attached hydrogen (secondary N) is 1. The Morgan fingerprint density at radius 1 is 1.23 bits per heavy atom. The van der Waals surface area contributed by atoms with Crippen molar-refractivity contribution < 1.29 is 9.53 Å². The number of aromatic nitrogens is 1. The number of ether oxygens (including phenoxy) is 1. The Hall–Kier alpha value is -2.40. The summed E-state index contributed by atoms with van der Waals surface area (Å²) in [6, 6.07) is 13.3. The Morgan fingerprint density at radius 2 is 2.00 bits per heavy atom. The third-order valence-electron chi connectivity index (χ3n) is 3.37. The smallest absolute Gasteiger partial charge is 0.184 e. The van der Waals surface area contributed by atoms with E-state index < -0.39 is 0 Å². The molecular weight excluding hydrogens is 296 g/mol. The lowest BCUT2D eigenvalue weighted by Crippen LogP contribution is -2.13. The highest BCUT2D eigenvalue weighted by Gasteiger charge is 2.08. The number of benzene rings is 2. The van der Waals surface area contributed by atoms with Crippen LogP contribution in [0.4, 0.5) is 5.13 Å². The van der Waals surface area contributed by atoms with Crippen molar-refractivity contribution in [3.8, 4) is 5.75 Å². The number of methoxy groups -OCH3 is 1. The molecule has 0 aliphatic heterocycles. The van der Waals surface area contributed by atoms with Crippen LogP contribution in [-0.2, 0) is 0 Å². The zero-order valence-electron chi connectivity index (χ0n) is 12.4. The number of Topliss-reactive ketones (excluding diaryl/α,β-unsaturated/α-hetero) is 1. The van der Waals surface area contributed by atoms with Crippen LogP contribution in [-0.4, -0.2) is 24.4 Å². The summed E-state index contributed by atoms with van der Waals surface area (Å²) in [5, 5.41) is 3.84. The second-order valence-electron chi connectivity index (χ2n) is 5.00. The number of carbonyl (C=O) groups is 1. The topological polar surface area (TPSA) is 51.2 Å². The molecule has 1 N–H and O–H groups in total. The van der Waals surface area contributed by atoms with E-state index in [0.717, 1.165) is 26.7 Å². The second kappa shape index (κ2) is 6.15. The zero-order chi connectivity index (χ0) is 15.5. The first-order valence-electron chi connectivity index (χ1n) is 6.94. The lowest BCUT2D eigenvalue weighted by Gasteiger charge is -2.02. The fourth-order valence-electron chi connectivity index (χ4n) is 2.10. The van der Waals surface area contributed by atoms with Crippen molar-refractivity contribution in [1.82, 2.24) is 4.98 Å². The Kier molecular flexibility index (Phi) is 4.06. The molecule has 22 heavy (non-hydrogen) atoms. The van der Waals surface area contributed by atoms with Crippen LogP contribution in [0.3, 0.4) is 0 Å². The fraction of sp³-hybridized carbons (Fsp3) is 0.176. The minimum Gasteiger partial charge on any atom is -0.497 e. The minimum atomic E-state index is 0.0526. The molecule has 3 rings (SSSR count). The molecule has 0 fully saturated rings. The average Bonchev–Trinajstić information content (AvgIpc) is 2.95. The standard InChI is InChI=1S/C17H16N2O2S/c1-11-3-5-12(6-4-11)15(20)10-18-17-19-14-8-7-13(21-2)9-16(14)22-17/h3-9H,10H2,1-2H3,(H,18,19). The number of rotatable bonds is 5. The molecule has 112 valence electrons. The van der Waals surface area contributed by atoms with Gasteiger partial charge in [0.1, 0.15) is 5.75 Å². The van der Waals surface area contributed by atoms with Gasteiger partial charge in [-0.3, -0.25) is 4.79 Å². The van der Waals surface area contributed by atoms with Gasteiger partial charge in [-0.15, -0.1) is 0 Å². The number of thiazole rings is 1. The van der Waals surface area contributed by atoms with Gasteiger partial charge in [-0.2, -0.15) is 0 Å².